The number of hydrogen-bond donors (Lipinski definition) is 0. The van der Waals surface area contributed by atoms with Gasteiger partial charge in [-0.3, -0.25) is 0 Å². The van der Waals surface area contributed by atoms with E-state index in [9.17, 15) is 5.11 Å². The second kappa shape index (κ2) is 3.44. The molecule has 0 aliphatic rings. The average Bonchev–Trinajstić information content (AvgIpc) is 1.85. The number of hydrogen-bond acceptors (Lipinski definition) is 0. The van der Waals surface area contributed by atoms with Crippen LogP contribution in [0.15, 0.2) is 18.2 Å². The minimum Gasteiger partial charge on any atom is -0.228 e. The number of halogens is 2. The van der Waals surface area contributed by atoms with Crippen molar-refractivity contribution in [2.45, 2.75) is 13.0 Å². The molecule has 0 aromatic heterocycles. The van der Waals surface area contributed by atoms with Crippen molar-refractivity contribution in [3.05, 3.63) is 33.8 Å². The second-order valence-electron chi connectivity index (χ2n) is 2.35. The van der Waals surface area contributed by atoms with E-state index in [2.05, 4.69) is 0 Å². The summed E-state index contributed by atoms with van der Waals surface area (Å²) in [7, 11) is 0. The highest BCUT2D eigenvalue weighted by Gasteiger charge is 2.04. The third-order valence-corrected chi connectivity index (χ3v) is 1.79. The van der Waals surface area contributed by atoms with E-state index < -0.39 is 6.10 Å². The van der Waals surface area contributed by atoms with Crippen LogP contribution in [0.3, 0.4) is 0 Å². The minimum atomic E-state index is -0.772. The van der Waals surface area contributed by atoms with Crippen molar-refractivity contribution in [1.29, 1.82) is 0 Å². The Balaban J connectivity index is 3.08. The van der Waals surface area contributed by atoms with Crippen molar-refractivity contribution in [3.63, 3.8) is 0 Å². The molecule has 0 heterocycles. The fourth-order valence-electron chi connectivity index (χ4n) is 0.810. The van der Waals surface area contributed by atoms with Gasteiger partial charge in [0, 0.05) is 10.0 Å². The molecule has 0 aliphatic heterocycles. The maximum absolute atomic E-state index is 10.9. The molecule has 0 aliphatic carbocycles. The van der Waals surface area contributed by atoms with Crippen LogP contribution in [0.5, 0.6) is 0 Å². The van der Waals surface area contributed by atoms with E-state index >= 15 is 0 Å². The molecule has 1 radical (unpaired) electrons. The highest BCUT2D eigenvalue weighted by molar-refractivity contribution is 6.34. The Hall–Kier alpha value is -0.240. The number of rotatable bonds is 1. The Kier molecular flexibility index (Phi) is 2.77. The van der Waals surface area contributed by atoms with E-state index in [0.717, 1.165) is 0 Å². The lowest BCUT2D eigenvalue weighted by atomic mass is 10.1. The summed E-state index contributed by atoms with van der Waals surface area (Å²) in [6.07, 6.45) is -0.772. The van der Waals surface area contributed by atoms with Crippen LogP contribution in [-0.2, 0) is 5.11 Å². The SMILES string of the molecule is CC([O])c1cc(Cl)cc(Cl)c1. The van der Waals surface area contributed by atoms with Crippen LogP contribution in [0.1, 0.15) is 18.6 Å². The molecule has 11 heavy (non-hydrogen) atoms. The molecule has 59 valence electrons. The molecule has 1 atom stereocenters. The van der Waals surface area contributed by atoms with E-state index in [-0.39, 0.29) is 0 Å². The molecular weight excluding hydrogens is 183 g/mol. The molecule has 0 spiro atoms. The van der Waals surface area contributed by atoms with Gasteiger partial charge in [0.2, 0.25) is 0 Å². The van der Waals surface area contributed by atoms with Crippen LogP contribution < -0.4 is 0 Å². The third-order valence-electron chi connectivity index (χ3n) is 1.35. The van der Waals surface area contributed by atoms with Gasteiger partial charge in [0.25, 0.3) is 0 Å². The Bertz CT molecular complexity index is 238. The zero-order chi connectivity index (χ0) is 8.43. The highest BCUT2D eigenvalue weighted by atomic mass is 35.5. The molecule has 1 rings (SSSR count). The van der Waals surface area contributed by atoms with Crippen molar-refractivity contribution < 1.29 is 5.11 Å². The van der Waals surface area contributed by atoms with E-state index in [1.165, 1.54) is 0 Å². The van der Waals surface area contributed by atoms with Crippen molar-refractivity contribution in [3.8, 4) is 0 Å². The Morgan fingerprint density at radius 2 is 1.64 bits per heavy atom. The summed E-state index contributed by atoms with van der Waals surface area (Å²) in [5.74, 6) is 0. The van der Waals surface area contributed by atoms with Gasteiger partial charge in [0.05, 0.1) is 0 Å². The van der Waals surface area contributed by atoms with Gasteiger partial charge in [-0.15, -0.1) is 0 Å². The molecular formula is C8H7Cl2O. The Morgan fingerprint density at radius 1 is 1.18 bits per heavy atom. The maximum atomic E-state index is 10.9. The van der Waals surface area contributed by atoms with E-state index in [4.69, 9.17) is 23.2 Å². The van der Waals surface area contributed by atoms with E-state index in [1.807, 2.05) is 0 Å². The molecule has 1 aromatic carbocycles. The van der Waals surface area contributed by atoms with Gasteiger partial charge in [0.15, 0.2) is 0 Å². The predicted octanol–water partition coefficient (Wildman–Crippen LogP) is 3.48. The van der Waals surface area contributed by atoms with Gasteiger partial charge < -0.3 is 0 Å². The first kappa shape index (κ1) is 8.85. The molecule has 0 bridgehead atoms. The lowest BCUT2D eigenvalue weighted by molar-refractivity contribution is 0.106. The van der Waals surface area contributed by atoms with Crippen molar-refractivity contribution >= 4 is 23.2 Å². The molecule has 3 heteroatoms. The predicted molar refractivity (Wildman–Crippen MR) is 45.6 cm³/mol. The van der Waals surface area contributed by atoms with Crippen LogP contribution in [-0.4, -0.2) is 0 Å². The Morgan fingerprint density at radius 3 is 2.00 bits per heavy atom. The monoisotopic (exact) mass is 189 g/mol. The van der Waals surface area contributed by atoms with Crippen molar-refractivity contribution in [2.75, 3.05) is 0 Å². The summed E-state index contributed by atoms with van der Waals surface area (Å²) in [6, 6.07) is 4.87. The normalized spacial score (nSPS) is 13.1. The summed E-state index contributed by atoms with van der Waals surface area (Å²) < 4.78 is 0. The lowest BCUT2D eigenvalue weighted by Crippen LogP contribution is -1.88. The largest absolute Gasteiger partial charge is 0.228 e. The molecule has 1 aromatic rings. The first-order valence-electron chi connectivity index (χ1n) is 3.21. The van der Waals surface area contributed by atoms with Gasteiger partial charge in [0.1, 0.15) is 6.10 Å². The molecule has 1 unspecified atom stereocenters. The van der Waals surface area contributed by atoms with Crippen molar-refractivity contribution in [1.82, 2.24) is 0 Å². The smallest absolute Gasteiger partial charge is 0.115 e. The average molecular weight is 190 g/mol. The topological polar surface area (TPSA) is 19.9 Å². The Labute approximate surface area is 75.6 Å². The van der Waals surface area contributed by atoms with Crippen LogP contribution in [0.2, 0.25) is 10.0 Å². The van der Waals surface area contributed by atoms with Crippen molar-refractivity contribution in [2.24, 2.45) is 0 Å². The highest BCUT2D eigenvalue weighted by Crippen LogP contribution is 2.23. The van der Waals surface area contributed by atoms with Gasteiger partial charge in [-0.1, -0.05) is 23.2 Å². The van der Waals surface area contributed by atoms with Crippen LogP contribution in [0, 0.1) is 0 Å². The molecule has 0 N–H and O–H groups in total. The maximum Gasteiger partial charge on any atom is 0.115 e. The van der Waals surface area contributed by atoms with Gasteiger partial charge in [-0.05, 0) is 30.7 Å². The zero-order valence-electron chi connectivity index (χ0n) is 5.97. The molecule has 1 nitrogen and oxygen atoms in total. The fourth-order valence-corrected chi connectivity index (χ4v) is 1.35. The summed E-state index contributed by atoms with van der Waals surface area (Å²) in [6.45, 7) is 1.56. The van der Waals surface area contributed by atoms with E-state index in [0.29, 0.717) is 15.6 Å². The van der Waals surface area contributed by atoms with Gasteiger partial charge in [-0.25, -0.2) is 5.11 Å². The summed E-state index contributed by atoms with van der Waals surface area (Å²) >= 11 is 11.3. The lowest BCUT2D eigenvalue weighted by Gasteiger charge is -2.02. The molecule has 0 fully saturated rings. The summed E-state index contributed by atoms with van der Waals surface area (Å²) in [5, 5.41) is 11.9. The van der Waals surface area contributed by atoms with Crippen LogP contribution >= 0.6 is 23.2 Å². The first-order chi connectivity index (χ1) is 5.09. The zero-order valence-corrected chi connectivity index (χ0v) is 7.49. The standard InChI is InChI=1S/C8H7Cl2O/c1-5(11)6-2-7(9)4-8(10)3-6/h2-5H,1H3. The van der Waals surface area contributed by atoms with Gasteiger partial charge >= 0.3 is 0 Å². The summed E-state index contributed by atoms with van der Waals surface area (Å²) in [5.41, 5.74) is 0.627. The van der Waals surface area contributed by atoms with Crippen LogP contribution in [0.4, 0.5) is 0 Å². The van der Waals surface area contributed by atoms with Gasteiger partial charge in [-0.2, -0.15) is 0 Å². The summed E-state index contributed by atoms with van der Waals surface area (Å²) in [4.78, 5) is 0. The van der Waals surface area contributed by atoms with Crippen LogP contribution in [0.25, 0.3) is 0 Å². The van der Waals surface area contributed by atoms with E-state index in [1.54, 1.807) is 25.1 Å². The molecule has 0 saturated heterocycles. The third kappa shape index (κ3) is 2.37. The first-order valence-corrected chi connectivity index (χ1v) is 3.97. The minimum absolute atomic E-state index is 0.509. The molecule has 0 amide bonds. The quantitative estimate of drug-likeness (QED) is 0.645. The fraction of sp³-hybridized carbons (Fsp3) is 0.250. The second-order valence-corrected chi connectivity index (χ2v) is 3.22. The number of benzene rings is 1. The molecule has 0 saturated carbocycles.